The number of carbonyl (C=O) groups is 1. The average Bonchev–Trinajstić information content (AvgIpc) is 3.13. The van der Waals surface area contributed by atoms with Crippen molar-refractivity contribution in [3.8, 4) is 0 Å². The van der Waals surface area contributed by atoms with Crippen LogP contribution in [0, 0.1) is 5.82 Å². The molecular weight excluding hydrogens is 293 g/mol. The zero-order valence-electron chi connectivity index (χ0n) is 11.2. The minimum absolute atomic E-state index is 0.196. The van der Waals surface area contributed by atoms with E-state index < -0.39 is 6.10 Å². The molecular formula is C14H14FN3O2S. The molecule has 0 spiro atoms. The third-order valence-corrected chi connectivity index (χ3v) is 3.90. The van der Waals surface area contributed by atoms with Crippen LogP contribution in [-0.2, 0) is 16.0 Å². The van der Waals surface area contributed by atoms with Gasteiger partial charge in [-0.2, -0.15) is 4.37 Å². The third kappa shape index (κ3) is 3.62. The van der Waals surface area contributed by atoms with Crippen LogP contribution in [0.15, 0.2) is 24.3 Å². The summed E-state index contributed by atoms with van der Waals surface area (Å²) in [5, 5.41) is 3.43. The molecule has 1 saturated heterocycles. The maximum Gasteiger partial charge on any atom is 0.255 e. The molecule has 2 aromatic rings. The molecule has 1 atom stereocenters. The van der Waals surface area contributed by atoms with Crippen molar-refractivity contribution in [3.05, 3.63) is 40.7 Å². The highest BCUT2D eigenvalue weighted by molar-refractivity contribution is 7.05. The topological polar surface area (TPSA) is 64.1 Å². The van der Waals surface area contributed by atoms with Crippen LogP contribution in [0.4, 0.5) is 10.3 Å². The number of hydrogen-bond acceptors (Lipinski definition) is 5. The normalized spacial score (nSPS) is 17.9. The summed E-state index contributed by atoms with van der Waals surface area (Å²) < 4.78 is 22.2. The van der Waals surface area contributed by atoms with E-state index in [-0.39, 0.29) is 11.7 Å². The number of nitrogens with zero attached hydrogens (tertiary/aromatic N) is 2. The van der Waals surface area contributed by atoms with Gasteiger partial charge < -0.3 is 4.74 Å². The van der Waals surface area contributed by atoms with E-state index in [2.05, 4.69) is 14.7 Å². The Morgan fingerprint density at radius 2 is 2.24 bits per heavy atom. The van der Waals surface area contributed by atoms with Crippen LogP contribution in [0.5, 0.6) is 0 Å². The van der Waals surface area contributed by atoms with E-state index in [1.807, 2.05) is 0 Å². The first-order chi connectivity index (χ1) is 10.2. The Balaban J connectivity index is 1.60. The zero-order valence-corrected chi connectivity index (χ0v) is 12.0. The maximum atomic E-state index is 12.8. The Bertz CT molecular complexity index is 623. The Kier molecular flexibility index (Phi) is 4.21. The summed E-state index contributed by atoms with van der Waals surface area (Å²) in [6.07, 6.45) is 1.80. The van der Waals surface area contributed by atoms with E-state index in [1.54, 1.807) is 12.1 Å². The van der Waals surface area contributed by atoms with Crippen LogP contribution in [0.3, 0.4) is 0 Å². The number of rotatable bonds is 4. The van der Waals surface area contributed by atoms with Crippen molar-refractivity contribution >= 4 is 23.4 Å². The maximum absolute atomic E-state index is 12.8. The van der Waals surface area contributed by atoms with Crippen LogP contribution in [0.2, 0.25) is 0 Å². The van der Waals surface area contributed by atoms with Gasteiger partial charge in [0.2, 0.25) is 5.95 Å². The van der Waals surface area contributed by atoms with Crippen molar-refractivity contribution in [1.82, 2.24) is 9.36 Å². The summed E-state index contributed by atoms with van der Waals surface area (Å²) in [6, 6.07) is 6.25. The second kappa shape index (κ2) is 6.28. The Labute approximate surface area is 125 Å². The molecule has 1 fully saturated rings. The highest BCUT2D eigenvalue weighted by atomic mass is 32.1. The number of carbonyl (C=O) groups excluding carboxylic acids is 1. The first kappa shape index (κ1) is 14.1. The molecule has 1 amide bonds. The third-order valence-electron chi connectivity index (χ3n) is 3.19. The van der Waals surface area contributed by atoms with Gasteiger partial charge in [-0.3, -0.25) is 10.1 Å². The average molecular weight is 307 g/mol. The van der Waals surface area contributed by atoms with Crippen LogP contribution >= 0.6 is 11.5 Å². The first-order valence-electron chi connectivity index (χ1n) is 6.70. The molecule has 110 valence electrons. The first-order valence-corrected chi connectivity index (χ1v) is 7.47. The minimum Gasteiger partial charge on any atom is -0.368 e. The number of nitrogens with one attached hydrogen (secondary N) is 1. The quantitative estimate of drug-likeness (QED) is 0.942. The number of amides is 1. The summed E-state index contributed by atoms with van der Waals surface area (Å²) in [4.78, 5) is 16.1. The molecule has 0 bridgehead atoms. The van der Waals surface area contributed by atoms with Crippen molar-refractivity contribution < 1.29 is 13.9 Å². The fourth-order valence-corrected chi connectivity index (χ4v) is 2.77. The fraction of sp³-hybridized carbons (Fsp3) is 0.357. The van der Waals surface area contributed by atoms with Crippen molar-refractivity contribution in [2.45, 2.75) is 25.4 Å². The smallest absolute Gasteiger partial charge is 0.255 e. The van der Waals surface area contributed by atoms with Gasteiger partial charge in [-0.05, 0) is 42.1 Å². The van der Waals surface area contributed by atoms with E-state index >= 15 is 0 Å². The van der Waals surface area contributed by atoms with Gasteiger partial charge in [0.15, 0.2) is 0 Å². The predicted octanol–water partition coefficient (Wildman–Crippen LogP) is 2.39. The van der Waals surface area contributed by atoms with Crippen molar-refractivity contribution in [1.29, 1.82) is 0 Å². The predicted molar refractivity (Wildman–Crippen MR) is 76.7 cm³/mol. The largest absolute Gasteiger partial charge is 0.368 e. The van der Waals surface area contributed by atoms with Gasteiger partial charge in [0.05, 0.1) is 0 Å². The van der Waals surface area contributed by atoms with E-state index in [1.165, 1.54) is 23.7 Å². The molecule has 1 N–H and O–H groups in total. The van der Waals surface area contributed by atoms with Crippen molar-refractivity contribution in [3.63, 3.8) is 0 Å². The van der Waals surface area contributed by atoms with Gasteiger partial charge >= 0.3 is 0 Å². The van der Waals surface area contributed by atoms with E-state index in [9.17, 15) is 9.18 Å². The van der Waals surface area contributed by atoms with Crippen molar-refractivity contribution in [2.75, 3.05) is 11.9 Å². The molecule has 2 heterocycles. The number of hydrogen-bond donors (Lipinski definition) is 1. The summed E-state index contributed by atoms with van der Waals surface area (Å²) in [7, 11) is 0. The lowest BCUT2D eigenvalue weighted by atomic mass is 10.2. The summed E-state index contributed by atoms with van der Waals surface area (Å²) >= 11 is 1.22. The number of benzene rings is 1. The number of ether oxygens (including phenoxy) is 1. The lowest BCUT2D eigenvalue weighted by Crippen LogP contribution is -2.27. The van der Waals surface area contributed by atoms with E-state index in [0.717, 1.165) is 23.4 Å². The van der Waals surface area contributed by atoms with Gasteiger partial charge in [0.1, 0.15) is 16.9 Å². The van der Waals surface area contributed by atoms with E-state index in [4.69, 9.17) is 4.74 Å². The highest BCUT2D eigenvalue weighted by Crippen LogP contribution is 2.17. The van der Waals surface area contributed by atoms with Gasteiger partial charge in [-0.25, -0.2) is 9.37 Å². The molecule has 5 nitrogen and oxygen atoms in total. The molecule has 3 rings (SSSR count). The number of halogens is 1. The molecule has 0 aliphatic carbocycles. The fourth-order valence-electron chi connectivity index (χ4n) is 2.13. The molecule has 1 unspecified atom stereocenters. The Hall–Kier alpha value is -1.86. The number of anilines is 1. The molecule has 1 aliphatic heterocycles. The lowest BCUT2D eigenvalue weighted by molar-refractivity contribution is -0.124. The molecule has 1 aromatic heterocycles. The molecule has 0 radical (unpaired) electrons. The lowest BCUT2D eigenvalue weighted by Gasteiger charge is -2.06. The SMILES string of the molecule is O=C(Nc1nsc(Cc2ccc(F)cc2)n1)C1CCCO1. The standard InChI is InChI=1S/C14H14FN3O2S/c15-10-5-3-9(4-6-10)8-12-16-14(18-21-12)17-13(19)11-2-1-7-20-11/h3-6,11H,1-2,7-8H2,(H,17,18,19). The molecule has 0 saturated carbocycles. The highest BCUT2D eigenvalue weighted by Gasteiger charge is 2.24. The number of aromatic nitrogens is 2. The van der Waals surface area contributed by atoms with Crippen LogP contribution < -0.4 is 5.32 Å². The van der Waals surface area contributed by atoms with Crippen LogP contribution in [-0.4, -0.2) is 28.0 Å². The van der Waals surface area contributed by atoms with E-state index in [0.29, 0.717) is 19.0 Å². The monoisotopic (exact) mass is 307 g/mol. The molecule has 7 heteroatoms. The van der Waals surface area contributed by atoms with Gasteiger partial charge in [0, 0.05) is 13.0 Å². The van der Waals surface area contributed by atoms with Crippen molar-refractivity contribution in [2.24, 2.45) is 0 Å². The summed E-state index contributed by atoms with van der Waals surface area (Å²) in [5.41, 5.74) is 0.949. The van der Waals surface area contributed by atoms with Crippen LogP contribution in [0.1, 0.15) is 23.4 Å². The second-order valence-corrected chi connectivity index (χ2v) is 5.64. The zero-order chi connectivity index (χ0) is 14.7. The molecule has 21 heavy (non-hydrogen) atoms. The second-order valence-electron chi connectivity index (χ2n) is 4.81. The van der Waals surface area contributed by atoms with Gasteiger partial charge in [-0.15, -0.1) is 0 Å². The Morgan fingerprint density at radius 1 is 1.43 bits per heavy atom. The summed E-state index contributed by atoms with van der Waals surface area (Å²) in [5.74, 6) is -0.156. The molecule has 1 aromatic carbocycles. The summed E-state index contributed by atoms with van der Waals surface area (Å²) in [6.45, 7) is 0.623. The minimum atomic E-state index is -0.394. The molecule has 1 aliphatic rings. The van der Waals surface area contributed by atoms with Crippen LogP contribution in [0.25, 0.3) is 0 Å². The van der Waals surface area contributed by atoms with Gasteiger partial charge in [-0.1, -0.05) is 12.1 Å². The Morgan fingerprint density at radius 3 is 2.95 bits per heavy atom. The van der Waals surface area contributed by atoms with Gasteiger partial charge in [0.25, 0.3) is 5.91 Å².